The fourth-order valence-corrected chi connectivity index (χ4v) is 2.60. The van der Waals surface area contributed by atoms with E-state index >= 15 is 0 Å². The van der Waals surface area contributed by atoms with Crippen LogP contribution in [0.3, 0.4) is 0 Å². The number of aromatic nitrogens is 1. The number of ether oxygens (including phenoxy) is 1. The Balaban J connectivity index is 1.90. The number of nitrogens with zero attached hydrogens (tertiary/aromatic N) is 2. The molecule has 1 aliphatic rings. The molecule has 2 heterocycles. The molecule has 0 bridgehead atoms. The van der Waals surface area contributed by atoms with E-state index in [4.69, 9.17) is 4.74 Å². The fourth-order valence-electron chi connectivity index (χ4n) is 2.60. The van der Waals surface area contributed by atoms with Gasteiger partial charge in [-0.3, -0.25) is 4.98 Å². The second kappa shape index (κ2) is 5.68. The van der Waals surface area contributed by atoms with Gasteiger partial charge in [-0.05, 0) is 6.07 Å². The number of pyridine rings is 1. The van der Waals surface area contributed by atoms with Crippen LogP contribution in [0.2, 0.25) is 0 Å². The van der Waals surface area contributed by atoms with Crippen LogP contribution in [0.25, 0.3) is 10.9 Å². The Morgan fingerprint density at radius 3 is 2.86 bits per heavy atom. The lowest BCUT2D eigenvalue weighted by molar-refractivity contribution is -0.0543. The zero-order chi connectivity index (χ0) is 14.7. The van der Waals surface area contributed by atoms with E-state index in [-0.39, 0.29) is 0 Å². The standard InChI is InChI=1S/C16H17N3O2/c17-9-12-10-18-14-4-2-1-3-13(14)15(12)19-11-16(20)5-7-21-8-6-16/h1-4,10,20H,5-8,11H2,(H,18,19). The van der Waals surface area contributed by atoms with Crippen LogP contribution in [-0.2, 0) is 4.74 Å². The van der Waals surface area contributed by atoms with Crippen molar-refractivity contribution in [3.8, 4) is 6.07 Å². The molecule has 1 saturated heterocycles. The summed E-state index contributed by atoms with van der Waals surface area (Å²) in [5, 5.41) is 23.9. The molecule has 0 unspecified atom stereocenters. The Labute approximate surface area is 123 Å². The highest BCUT2D eigenvalue weighted by molar-refractivity contribution is 5.93. The van der Waals surface area contributed by atoms with Crippen LogP contribution in [0.15, 0.2) is 30.5 Å². The molecule has 21 heavy (non-hydrogen) atoms. The molecule has 0 aliphatic carbocycles. The van der Waals surface area contributed by atoms with Crippen LogP contribution in [0, 0.1) is 11.3 Å². The number of para-hydroxylation sites is 1. The summed E-state index contributed by atoms with van der Waals surface area (Å²) < 4.78 is 5.28. The number of rotatable bonds is 3. The summed E-state index contributed by atoms with van der Waals surface area (Å²) in [6.07, 6.45) is 2.77. The fraction of sp³-hybridized carbons (Fsp3) is 0.375. The summed E-state index contributed by atoms with van der Waals surface area (Å²) in [4.78, 5) is 4.28. The third-order valence-corrected chi connectivity index (χ3v) is 3.91. The number of benzene rings is 1. The van der Waals surface area contributed by atoms with Gasteiger partial charge in [0.1, 0.15) is 6.07 Å². The first-order valence-electron chi connectivity index (χ1n) is 7.04. The van der Waals surface area contributed by atoms with Gasteiger partial charge in [-0.15, -0.1) is 0 Å². The second-order valence-corrected chi connectivity index (χ2v) is 5.37. The molecule has 0 spiro atoms. The number of hydrogen-bond donors (Lipinski definition) is 2. The summed E-state index contributed by atoms with van der Waals surface area (Å²) in [5.41, 5.74) is 1.28. The van der Waals surface area contributed by atoms with Gasteiger partial charge in [0.25, 0.3) is 0 Å². The minimum Gasteiger partial charge on any atom is -0.388 e. The van der Waals surface area contributed by atoms with E-state index in [1.54, 1.807) is 6.20 Å². The van der Waals surface area contributed by atoms with Gasteiger partial charge in [-0.25, -0.2) is 0 Å². The minimum atomic E-state index is -0.782. The molecule has 0 atom stereocenters. The molecule has 1 aliphatic heterocycles. The second-order valence-electron chi connectivity index (χ2n) is 5.37. The highest BCUT2D eigenvalue weighted by Crippen LogP contribution is 2.27. The van der Waals surface area contributed by atoms with Crippen molar-refractivity contribution in [1.82, 2.24) is 4.98 Å². The van der Waals surface area contributed by atoms with E-state index in [1.165, 1.54) is 0 Å². The number of hydrogen-bond acceptors (Lipinski definition) is 5. The zero-order valence-corrected chi connectivity index (χ0v) is 11.7. The van der Waals surface area contributed by atoms with E-state index < -0.39 is 5.60 Å². The summed E-state index contributed by atoms with van der Waals surface area (Å²) in [7, 11) is 0. The number of nitrogens with one attached hydrogen (secondary N) is 1. The Morgan fingerprint density at radius 2 is 2.10 bits per heavy atom. The lowest BCUT2D eigenvalue weighted by atomic mass is 9.94. The van der Waals surface area contributed by atoms with E-state index in [0.717, 1.165) is 16.6 Å². The van der Waals surface area contributed by atoms with Crippen molar-refractivity contribution in [2.45, 2.75) is 18.4 Å². The lowest BCUT2D eigenvalue weighted by Crippen LogP contribution is -2.42. The smallest absolute Gasteiger partial charge is 0.103 e. The molecule has 0 radical (unpaired) electrons. The highest BCUT2D eigenvalue weighted by atomic mass is 16.5. The van der Waals surface area contributed by atoms with Crippen molar-refractivity contribution in [3.63, 3.8) is 0 Å². The van der Waals surface area contributed by atoms with Crippen molar-refractivity contribution >= 4 is 16.6 Å². The van der Waals surface area contributed by atoms with Crippen molar-refractivity contribution in [1.29, 1.82) is 5.26 Å². The predicted molar refractivity (Wildman–Crippen MR) is 80.0 cm³/mol. The molecule has 1 fully saturated rings. The zero-order valence-electron chi connectivity index (χ0n) is 11.7. The maximum absolute atomic E-state index is 10.5. The van der Waals surface area contributed by atoms with E-state index in [0.29, 0.717) is 38.2 Å². The van der Waals surface area contributed by atoms with Gasteiger partial charge in [0.05, 0.1) is 22.4 Å². The average Bonchev–Trinajstić information content (AvgIpc) is 2.53. The molecular weight excluding hydrogens is 266 g/mol. The summed E-state index contributed by atoms with van der Waals surface area (Å²) >= 11 is 0. The number of fused-ring (bicyclic) bond motifs is 1. The monoisotopic (exact) mass is 283 g/mol. The molecular formula is C16H17N3O2. The number of anilines is 1. The maximum Gasteiger partial charge on any atom is 0.103 e. The molecule has 0 amide bonds. The van der Waals surface area contributed by atoms with Crippen molar-refractivity contribution in [2.24, 2.45) is 0 Å². The van der Waals surface area contributed by atoms with Gasteiger partial charge in [0.2, 0.25) is 0 Å². The van der Waals surface area contributed by atoms with Crippen LogP contribution in [0.5, 0.6) is 0 Å². The maximum atomic E-state index is 10.5. The van der Waals surface area contributed by atoms with Crippen LogP contribution >= 0.6 is 0 Å². The molecule has 1 aromatic carbocycles. The first kappa shape index (κ1) is 13.8. The molecule has 2 N–H and O–H groups in total. The largest absolute Gasteiger partial charge is 0.388 e. The Hall–Kier alpha value is -2.16. The molecule has 108 valence electrons. The quantitative estimate of drug-likeness (QED) is 0.901. The third-order valence-electron chi connectivity index (χ3n) is 3.91. The van der Waals surface area contributed by atoms with Crippen LogP contribution in [0.1, 0.15) is 18.4 Å². The lowest BCUT2D eigenvalue weighted by Gasteiger charge is -2.32. The van der Waals surface area contributed by atoms with E-state index in [1.807, 2.05) is 24.3 Å². The topological polar surface area (TPSA) is 78.2 Å². The predicted octanol–water partition coefficient (Wildman–Crippen LogP) is 2.06. The summed E-state index contributed by atoms with van der Waals surface area (Å²) in [5.74, 6) is 0. The van der Waals surface area contributed by atoms with Crippen LogP contribution < -0.4 is 5.32 Å². The van der Waals surface area contributed by atoms with Crippen molar-refractivity contribution < 1.29 is 9.84 Å². The summed E-state index contributed by atoms with van der Waals surface area (Å²) in [6, 6.07) is 9.82. The minimum absolute atomic E-state index is 0.402. The number of aliphatic hydroxyl groups is 1. The molecule has 3 rings (SSSR count). The molecule has 1 aromatic heterocycles. The first-order chi connectivity index (χ1) is 10.2. The molecule has 5 nitrogen and oxygen atoms in total. The normalized spacial score (nSPS) is 17.3. The van der Waals surface area contributed by atoms with Gasteiger partial charge < -0.3 is 15.2 Å². The molecule has 2 aromatic rings. The third kappa shape index (κ3) is 2.82. The van der Waals surface area contributed by atoms with Crippen molar-refractivity contribution in [2.75, 3.05) is 25.1 Å². The van der Waals surface area contributed by atoms with Gasteiger partial charge in [0, 0.05) is 44.2 Å². The van der Waals surface area contributed by atoms with Gasteiger partial charge >= 0.3 is 0 Å². The van der Waals surface area contributed by atoms with Crippen LogP contribution in [-0.4, -0.2) is 35.5 Å². The van der Waals surface area contributed by atoms with Gasteiger partial charge in [-0.2, -0.15) is 5.26 Å². The van der Waals surface area contributed by atoms with E-state index in [2.05, 4.69) is 16.4 Å². The van der Waals surface area contributed by atoms with Gasteiger partial charge in [-0.1, -0.05) is 18.2 Å². The molecule has 5 heteroatoms. The van der Waals surface area contributed by atoms with Crippen molar-refractivity contribution in [3.05, 3.63) is 36.0 Å². The highest BCUT2D eigenvalue weighted by Gasteiger charge is 2.29. The Bertz CT molecular complexity index is 687. The van der Waals surface area contributed by atoms with Crippen LogP contribution in [0.4, 0.5) is 5.69 Å². The van der Waals surface area contributed by atoms with E-state index in [9.17, 15) is 10.4 Å². The SMILES string of the molecule is N#Cc1cnc2ccccc2c1NCC1(O)CCOCC1. The first-order valence-corrected chi connectivity index (χ1v) is 7.04. The summed E-state index contributed by atoms with van der Waals surface area (Å²) in [6.45, 7) is 1.54. The van der Waals surface area contributed by atoms with Gasteiger partial charge in [0.15, 0.2) is 0 Å². The number of nitriles is 1. The Kier molecular flexibility index (Phi) is 3.74. The molecule has 0 saturated carbocycles. The Morgan fingerprint density at radius 1 is 1.33 bits per heavy atom. The average molecular weight is 283 g/mol.